The fourth-order valence-electron chi connectivity index (χ4n) is 3.74. The Morgan fingerprint density at radius 2 is 1.83 bits per heavy atom. The lowest BCUT2D eigenvalue weighted by Gasteiger charge is -2.41. The Morgan fingerprint density at radius 3 is 2.36 bits per heavy atom. The highest BCUT2D eigenvalue weighted by molar-refractivity contribution is 5.95. The second kappa shape index (κ2) is 12.2. The molecule has 1 saturated heterocycles. The van der Waals surface area contributed by atoms with Gasteiger partial charge in [0, 0.05) is 19.5 Å². The minimum atomic E-state index is -1.27. The van der Waals surface area contributed by atoms with E-state index in [1.165, 1.54) is 4.90 Å². The average molecular weight is 504 g/mol. The van der Waals surface area contributed by atoms with Gasteiger partial charge in [0.2, 0.25) is 11.8 Å². The van der Waals surface area contributed by atoms with Gasteiger partial charge in [-0.15, -0.1) is 0 Å². The average Bonchev–Trinajstić information content (AvgIpc) is 2.79. The predicted molar refractivity (Wildman–Crippen MR) is 130 cm³/mol. The fraction of sp³-hybridized carbons (Fsp3) is 0.480. The Kier molecular flexibility index (Phi) is 9.60. The number of ether oxygens (including phenoxy) is 2. The third-order valence-electron chi connectivity index (χ3n) is 5.42. The van der Waals surface area contributed by atoms with Crippen LogP contribution in [0.2, 0.25) is 0 Å². The first kappa shape index (κ1) is 28.3. The molecule has 0 aliphatic carbocycles. The van der Waals surface area contributed by atoms with E-state index in [9.17, 15) is 24.0 Å². The van der Waals surface area contributed by atoms with Crippen LogP contribution in [-0.2, 0) is 35.1 Å². The van der Waals surface area contributed by atoms with E-state index in [-0.39, 0.29) is 19.5 Å². The number of benzene rings is 1. The number of carbonyl (C=O) groups is 5. The number of carboxylic acids is 1. The number of aliphatic carboxylic acids is 1. The number of nitrogens with one attached hydrogen (secondary N) is 1. The second-order valence-corrected chi connectivity index (χ2v) is 9.33. The summed E-state index contributed by atoms with van der Waals surface area (Å²) in [5.41, 5.74) is 0.796. The summed E-state index contributed by atoms with van der Waals surface area (Å²) in [6.07, 6.45) is 0.489. The van der Waals surface area contributed by atoms with Crippen LogP contribution in [0.5, 0.6) is 0 Å². The molecular weight excluding hydrogens is 470 g/mol. The molecule has 2 atom stereocenters. The van der Waals surface area contributed by atoms with Gasteiger partial charge in [-0.25, -0.2) is 4.79 Å². The lowest BCUT2D eigenvalue weighted by Crippen LogP contribution is -2.63. The molecule has 0 radical (unpaired) electrons. The van der Waals surface area contributed by atoms with Crippen LogP contribution in [0.3, 0.4) is 0 Å². The molecule has 0 aromatic heterocycles. The van der Waals surface area contributed by atoms with Gasteiger partial charge in [-0.05, 0) is 31.9 Å². The van der Waals surface area contributed by atoms with E-state index in [1.54, 1.807) is 39.0 Å². The lowest BCUT2D eigenvalue weighted by atomic mass is 10.0. The molecule has 0 saturated carbocycles. The van der Waals surface area contributed by atoms with Crippen LogP contribution in [0.4, 0.5) is 4.79 Å². The minimum absolute atomic E-state index is 0.0264. The Hall–Kier alpha value is -3.89. The van der Waals surface area contributed by atoms with Crippen LogP contribution in [0.25, 0.3) is 6.08 Å². The number of nitrogens with zero attached hydrogens (tertiary/aromatic N) is 2. The molecule has 11 nitrogen and oxygen atoms in total. The molecule has 2 rings (SSSR count). The molecule has 11 heteroatoms. The maximum absolute atomic E-state index is 13.7. The van der Waals surface area contributed by atoms with Crippen LogP contribution >= 0.6 is 0 Å². The summed E-state index contributed by atoms with van der Waals surface area (Å²) in [6.45, 7) is 8.14. The Labute approximate surface area is 210 Å². The van der Waals surface area contributed by atoms with Crippen molar-refractivity contribution in [1.82, 2.24) is 15.1 Å². The van der Waals surface area contributed by atoms with Crippen molar-refractivity contribution in [1.29, 1.82) is 0 Å². The van der Waals surface area contributed by atoms with E-state index in [0.29, 0.717) is 0 Å². The molecule has 2 N–H and O–H groups in total. The molecule has 0 bridgehead atoms. The van der Waals surface area contributed by atoms with Crippen molar-refractivity contribution in [2.75, 3.05) is 26.7 Å². The number of alkyl carbamates (subject to hydrolysis) is 1. The smallest absolute Gasteiger partial charge is 0.408 e. The number of piperazine rings is 1. The maximum Gasteiger partial charge on any atom is 0.408 e. The summed E-state index contributed by atoms with van der Waals surface area (Å²) >= 11 is 0. The molecule has 1 aliphatic heterocycles. The summed E-state index contributed by atoms with van der Waals surface area (Å²) in [6, 6.07) is 4.81. The number of hydrogen-bond donors (Lipinski definition) is 2. The zero-order valence-corrected chi connectivity index (χ0v) is 21.0. The summed E-state index contributed by atoms with van der Waals surface area (Å²) in [5, 5.41) is 11.7. The van der Waals surface area contributed by atoms with Crippen LogP contribution in [0.15, 0.2) is 30.8 Å². The summed E-state index contributed by atoms with van der Waals surface area (Å²) in [7, 11) is 1.15. The van der Waals surface area contributed by atoms with Gasteiger partial charge in [0.05, 0.1) is 13.5 Å². The SMILES string of the molecule is C=Cc1ccc(C[C@H](NC(=O)OC(C)(C)C)C(=O)N2CCN(CC(=O)O)C(=O)[C@@H]2CC(=O)OC)cc1. The predicted octanol–water partition coefficient (Wildman–Crippen LogP) is 1.45. The Bertz CT molecular complexity index is 1000. The molecule has 0 unspecified atom stereocenters. The molecule has 1 heterocycles. The second-order valence-electron chi connectivity index (χ2n) is 9.33. The van der Waals surface area contributed by atoms with Gasteiger partial charge >= 0.3 is 18.0 Å². The van der Waals surface area contributed by atoms with Crippen molar-refractivity contribution in [2.45, 2.75) is 51.3 Å². The zero-order chi connectivity index (χ0) is 27.0. The van der Waals surface area contributed by atoms with Gasteiger partial charge in [0.25, 0.3) is 0 Å². The van der Waals surface area contributed by atoms with E-state index < -0.39 is 60.5 Å². The molecule has 1 aromatic rings. The number of hydrogen-bond acceptors (Lipinski definition) is 7. The van der Waals surface area contributed by atoms with Crippen molar-refractivity contribution < 1.29 is 38.6 Å². The van der Waals surface area contributed by atoms with E-state index in [1.807, 2.05) is 12.1 Å². The quantitative estimate of drug-likeness (QED) is 0.482. The number of esters is 1. The third kappa shape index (κ3) is 8.10. The minimum Gasteiger partial charge on any atom is -0.480 e. The number of carboxylic acid groups (broad SMARTS) is 1. The van der Waals surface area contributed by atoms with E-state index in [0.717, 1.165) is 23.1 Å². The van der Waals surface area contributed by atoms with Crippen molar-refractivity contribution in [3.63, 3.8) is 0 Å². The van der Waals surface area contributed by atoms with E-state index in [2.05, 4.69) is 16.6 Å². The number of amides is 3. The van der Waals surface area contributed by atoms with Crippen molar-refractivity contribution in [3.05, 3.63) is 42.0 Å². The van der Waals surface area contributed by atoms with Crippen LogP contribution in [0, 0.1) is 0 Å². The molecule has 0 spiro atoms. The number of carbonyl (C=O) groups excluding carboxylic acids is 4. The van der Waals surface area contributed by atoms with Crippen molar-refractivity contribution in [2.24, 2.45) is 0 Å². The van der Waals surface area contributed by atoms with Crippen LogP contribution < -0.4 is 5.32 Å². The summed E-state index contributed by atoms with van der Waals surface area (Å²) < 4.78 is 10.0. The molecular formula is C25H33N3O8. The standard InChI is InChI=1S/C25H33N3O8/c1-6-16-7-9-17(10-8-16)13-18(26-24(34)36-25(2,3)4)22(32)28-12-11-27(15-20(29)30)23(33)19(28)14-21(31)35-5/h6-10,18-19H,1,11-15H2,2-5H3,(H,26,34)(H,29,30)/t18-,19-/m0/s1. The van der Waals surface area contributed by atoms with Gasteiger partial charge in [-0.1, -0.05) is 36.9 Å². The molecule has 3 amide bonds. The number of rotatable bonds is 9. The first-order chi connectivity index (χ1) is 16.8. The normalized spacial score (nSPS) is 16.7. The van der Waals surface area contributed by atoms with Crippen molar-refractivity contribution >= 4 is 35.9 Å². The molecule has 196 valence electrons. The van der Waals surface area contributed by atoms with Crippen molar-refractivity contribution in [3.8, 4) is 0 Å². The van der Waals surface area contributed by atoms with Crippen LogP contribution in [-0.4, -0.2) is 89.2 Å². The van der Waals surface area contributed by atoms with E-state index in [4.69, 9.17) is 9.84 Å². The van der Waals surface area contributed by atoms with Crippen LogP contribution in [0.1, 0.15) is 38.3 Å². The maximum atomic E-state index is 13.7. The first-order valence-corrected chi connectivity index (χ1v) is 11.4. The number of methoxy groups -OCH3 is 1. The lowest BCUT2D eigenvalue weighted by molar-refractivity contribution is -0.159. The van der Waals surface area contributed by atoms with Gasteiger partial charge in [-0.2, -0.15) is 0 Å². The summed E-state index contributed by atoms with van der Waals surface area (Å²) in [5.74, 6) is -3.24. The van der Waals surface area contributed by atoms with Gasteiger partial charge in [-0.3, -0.25) is 19.2 Å². The first-order valence-electron chi connectivity index (χ1n) is 11.4. The Balaban J connectivity index is 2.36. The zero-order valence-electron chi connectivity index (χ0n) is 21.0. The highest BCUT2D eigenvalue weighted by Crippen LogP contribution is 2.19. The fourth-order valence-corrected chi connectivity index (χ4v) is 3.74. The molecule has 1 aromatic carbocycles. The van der Waals surface area contributed by atoms with Gasteiger partial charge in [0.15, 0.2) is 0 Å². The molecule has 1 fully saturated rings. The van der Waals surface area contributed by atoms with Gasteiger partial charge < -0.3 is 29.7 Å². The third-order valence-corrected chi connectivity index (χ3v) is 5.42. The topological polar surface area (TPSA) is 143 Å². The Morgan fingerprint density at radius 1 is 1.19 bits per heavy atom. The van der Waals surface area contributed by atoms with Gasteiger partial charge in [0.1, 0.15) is 24.2 Å². The monoisotopic (exact) mass is 503 g/mol. The largest absolute Gasteiger partial charge is 0.480 e. The highest BCUT2D eigenvalue weighted by atomic mass is 16.6. The molecule has 1 aliphatic rings. The molecule has 36 heavy (non-hydrogen) atoms. The highest BCUT2D eigenvalue weighted by Gasteiger charge is 2.42. The van der Waals surface area contributed by atoms with E-state index >= 15 is 0 Å². The summed E-state index contributed by atoms with van der Waals surface area (Å²) in [4.78, 5) is 64.7.